The smallest absolute Gasteiger partial charge is 0.193 e. The van der Waals surface area contributed by atoms with Crippen molar-refractivity contribution in [2.75, 3.05) is 0 Å². The highest BCUT2D eigenvalue weighted by Crippen LogP contribution is 2.55. The summed E-state index contributed by atoms with van der Waals surface area (Å²) < 4.78 is 107. The summed E-state index contributed by atoms with van der Waals surface area (Å²) >= 11 is 1.67. The van der Waals surface area contributed by atoms with Crippen molar-refractivity contribution in [1.82, 2.24) is 0 Å². The fourth-order valence-corrected chi connectivity index (χ4v) is 0.795. The van der Waals surface area contributed by atoms with Gasteiger partial charge in [0.2, 0.25) is 0 Å². The monoisotopic (exact) mass is 324 g/mol. The Morgan fingerprint density at radius 3 is 1.25 bits per heavy atom. The molecule has 0 aromatic heterocycles. The number of alkyl halides is 9. The lowest BCUT2D eigenvalue weighted by atomic mass is 10.0. The van der Waals surface area contributed by atoms with Gasteiger partial charge in [-0.3, -0.25) is 0 Å². The third kappa shape index (κ3) is 2.03. The lowest BCUT2D eigenvalue weighted by Crippen LogP contribution is -2.60. The number of halogens is 10. The molecule has 0 amide bonds. The first-order chi connectivity index (χ1) is 6.69. The minimum absolute atomic E-state index is 1.67. The van der Waals surface area contributed by atoms with Crippen molar-refractivity contribution in [2.24, 2.45) is 0 Å². The van der Waals surface area contributed by atoms with Gasteiger partial charge in [0.25, 0.3) is 0 Å². The van der Waals surface area contributed by atoms with Crippen molar-refractivity contribution < 1.29 is 39.5 Å². The zero-order valence-electron chi connectivity index (χ0n) is 6.99. The van der Waals surface area contributed by atoms with Gasteiger partial charge in [-0.2, -0.15) is 39.5 Å². The summed E-state index contributed by atoms with van der Waals surface area (Å²) in [6.45, 7) is 2.17. The molecule has 0 N–H and O–H groups in total. The van der Waals surface area contributed by atoms with Crippen molar-refractivity contribution in [3.8, 4) is 0 Å². The van der Waals surface area contributed by atoms with E-state index in [1.165, 1.54) is 0 Å². The van der Waals surface area contributed by atoms with Gasteiger partial charge < -0.3 is 0 Å². The van der Waals surface area contributed by atoms with E-state index >= 15 is 0 Å². The Kier molecular flexibility index (Phi) is 3.71. The summed E-state index contributed by atoms with van der Waals surface area (Å²) in [4.78, 5) is 0. The molecule has 0 aromatic rings. The molecule has 0 fully saturated rings. The van der Waals surface area contributed by atoms with Crippen LogP contribution in [0.4, 0.5) is 39.5 Å². The fraction of sp³-hybridized carbons (Fsp3) is 0.667. The molecule has 0 bridgehead atoms. The lowest BCUT2D eigenvalue weighted by Gasteiger charge is -2.33. The molecule has 0 radical (unpaired) electrons. The molecule has 0 saturated heterocycles. The van der Waals surface area contributed by atoms with Crippen molar-refractivity contribution in [3.05, 3.63) is 11.1 Å². The van der Waals surface area contributed by atoms with Crippen molar-refractivity contribution in [1.29, 1.82) is 0 Å². The number of allylic oxidation sites excluding steroid dienone is 1. The summed E-state index contributed by atoms with van der Waals surface area (Å²) in [6, 6.07) is 0. The van der Waals surface area contributed by atoms with E-state index < -0.39 is 28.4 Å². The van der Waals surface area contributed by atoms with Crippen molar-refractivity contribution >= 4 is 15.9 Å². The maximum atomic E-state index is 12.5. The van der Waals surface area contributed by atoms with Gasteiger partial charge in [-0.1, -0.05) is 6.58 Å². The summed E-state index contributed by atoms with van der Waals surface area (Å²) in [5.74, 6) is -19.3. The summed E-state index contributed by atoms with van der Waals surface area (Å²) in [5.41, 5.74) is 0. The molecule has 10 heteroatoms. The number of hydrogen-bond acceptors (Lipinski definition) is 0. The molecule has 0 heterocycles. The van der Waals surface area contributed by atoms with Crippen LogP contribution in [-0.4, -0.2) is 23.9 Å². The predicted octanol–water partition coefficient (Wildman–Crippen LogP) is 4.36. The molecule has 0 aliphatic rings. The first-order valence-corrected chi connectivity index (χ1v) is 4.04. The highest BCUT2D eigenvalue weighted by atomic mass is 79.9. The Balaban J connectivity index is 5.62. The third-order valence-electron chi connectivity index (χ3n) is 1.49. The molecular formula is C6H2BrF9. The van der Waals surface area contributed by atoms with Crippen LogP contribution in [0.25, 0.3) is 0 Å². The minimum atomic E-state index is -6.87. The van der Waals surface area contributed by atoms with Gasteiger partial charge in [-0.15, -0.1) is 0 Å². The average molecular weight is 325 g/mol. The summed E-state index contributed by atoms with van der Waals surface area (Å²) in [5, 5.41) is 0. The van der Waals surface area contributed by atoms with Crippen LogP contribution in [0.2, 0.25) is 0 Å². The standard InChI is InChI=1S/C6H2BrF9/c1-2(7)3(8,9)4(10,11)5(12,13)6(14,15)16/h1H2. The number of rotatable bonds is 3. The van der Waals surface area contributed by atoms with Crippen LogP contribution in [0.3, 0.4) is 0 Å². The summed E-state index contributed by atoms with van der Waals surface area (Å²) in [6.07, 6.45) is -6.80. The molecule has 0 rings (SSSR count). The Bertz CT molecular complexity index is 289. The fourth-order valence-electron chi connectivity index (χ4n) is 0.546. The van der Waals surface area contributed by atoms with Crippen LogP contribution in [0.15, 0.2) is 11.1 Å². The van der Waals surface area contributed by atoms with Crippen LogP contribution < -0.4 is 0 Å². The molecule has 0 spiro atoms. The van der Waals surface area contributed by atoms with Gasteiger partial charge in [-0.25, -0.2) is 0 Å². The third-order valence-corrected chi connectivity index (χ3v) is 1.98. The average Bonchev–Trinajstić information content (AvgIpc) is 2.00. The second-order valence-electron chi connectivity index (χ2n) is 2.63. The van der Waals surface area contributed by atoms with E-state index in [0.29, 0.717) is 0 Å². The largest absolute Gasteiger partial charge is 0.460 e. The van der Waals surface area contributed by atoms with Gasteiger partial charge in [0.05, 0.1) is 4.48 Å². The highest BCUT2D eigenvalue weighted by molar-refractivity contribution is 9.11. The maximum Gasteiger partial charge on any atom is 0.460 e. The van der Waals surface area contributed by atoms with E-state index in [2.05, 4.69) is 6.58 Å². The van der Waals surface area contributed by atoms with Crippen molar-refractivity contribution in [2.45, 2.75) is 23.9 Å². The van der Waals surface area contributed by atoms with Crippen LogP contribution in [-0.2, 0) is 0 Å². The van der Waals surface area contributed by atoms with Crippen LogP contribution in [0.1, 0.15) is 0 Å². The minimum Gasteiger partial charge on any atom is -0.193 e. The molecular weight excluding hydrogens is 323 g/mol. The first-order valence-electron chi connectivity index (χ1n) is 3.24. The Hall–Kier alpha value is -0.410. The molecule has 0 aliphatic heterocycles. The zero-order chi connectivity index (χ0) is 13.6. The van der Waals surface area contributed by atoms with E-state index in [9.17, 15) is 39.5 Å². The van der Waals surface area contributed by atoms with E-state index in [1.54, 1.807) is 15.9 Å². The molecule has 0 unspecified atom stereocenters. The molecule has 0 aromatic carbocycles. The van der Waals surface area contributed by atoms with E-state index in [4.69, 9.17) is 0 Å². The van der Waals surface area contributed by atoms with Crippen molar-refractivity contribution in [3.63, 3.8) is 0 Å². The van der Waals surface area contributed by atoms with E-state index in [1.807, 2.05) is 0 Å². The second kappa shape index (κ2) is 3.81. The second-order valence-corrected chi connectivity index (χ2v) is 3.58. The normalized spacial score (nSPS) is 15.1. The summed E-state index contributed by atoms with van der Waals surface area (Å²) in [7, 11) is 0. The molecule has 0 atom stereocenters. The highest BCUT2D eigenvalue weighted by Gasteiger charge is 2.82. The maximum absolute atomic E-state index is 12.5. The van der Waals surface area contributed by atoms with E-state index in [0.717, 1.165) is 0 Å². The Labute approximate surface area is 91.2 Å². The predicted molar refractivity (Wildman–Crippen MR) is 39.0 cm³/mol. The van der Waals surface area contributed by atoms with Gasteiger partial charge in [-0.05, 0) is 15.9 Å². The van der Waals surface area contributed by atoms with Crippen LogP contribution >= 0.6 is 15.9 Å². The topological polar surface area (TPSA) is 0 Å². The molecule has 96 valence electrons. The van der Waals surface area contributed by atoms with Gasteiger partial charge in [0, 0.05) is 0 Å². The SMILES string of the molecule is C=C(Br)C(F)(F)C(F)(F)C(F)(F)C(F)(F)F. The Morgan fingerprint density at radius 2 is 1.06 bits per heavy atom. The molecule has 0 aliphatic carbocycles. The molecule has 0 nitrogen and oxygen atoms in total. The van der Waals surface area contributed by atoms with Gasteiger partial charge >= 0.3 is 23.9 Å². The zero-order valence-corrected chi connectivity index (χ0v) is 8.57. The quantitative estimate of drug-likeness (QED) is 0.676. The molecule has 0 saturated carbocycles. The van der Waals surface area contributed by atoms with Crippen LogP contribution in [0.5, 0.6) is 0 Å². The number of hydrogen-bond donors (Lipinski definition) is 0. The molecule has 16 heavy (non-hydrogen) atoms. The van der Waals surface area contributed by atoms with Gasteiger partial charge in [0.15, 0.2) is 0 Å². The van der Waals surface area contributed by atoms with Crippen LogP contribution in [0, 0.1) is 0 Å². The first kappa shape index (κ1) is 15.6. The lowest BCUT2D eigenvalue weighted by molar-refractivity contribution is -0.388. The Morgan fingerprint density at radius 1 is 0.750 bits per heavy atom. The van der Waals surface area contributed by atoms with Gasteiger partial charge in [0.1, 0.15) is 0 Å². The van der Waals surface area contributed by atoms with E-state index in [-0.39, 0.29) is 0 Å².